The molecule has 0 fully saturated rings. The third-order valence-electron chi connectivity index (χ3n) is 2.95. The van der Waals surface area contributed by atoms with Crippen LogP contribution in [0.2, 0.25) is 5.15 Å². The Morgan fingerprint density at radius 1 is 1.26 bits per heavy atom. The van der Waals surface area contributed by atoms with E-state index in [1.807, 2.05) is 0 Å². The van der Waals surface area contributed by atoms with E-state index in [0.29, 0.717) is 30.1 Å². The van der Waals surface area contributed by atoms with E-state index in [1.54, 1.807) is 24.3 Å². The minimum atomic E-state index is -0.843. The van der Waals surface area contributed by atoms with Crippen LogP contribution in [-0.4, -0.2) is 29.1 Å². The summed E-state index contributed by atoms with van der Waals surface area (Å²) >= 11 is 5.62. The molecule has 0 radical (unpaired) electrons. The van der Waals surface area contributed by atoms with Gasteiger partial charge in [-0.1, -0.05) is 36.4 Å². The molecule has 8 heteroatoms. The lowest BCUT2D eigenvalue weighted by Crippen LogP contribution is -2.17. The minimum absolute atomic E-state index is 0.244. The third kappa shape index (κ3) is 3.24. The predicted molar refractivity (Wildman–Crippen MR) is 81.9 cm³/mol. The van der Waals surface area contributed by atoms with E-state index in [-0.39, 0.29) is 16.9 Å². The van der Waals surface area contributed by atoms with Gasteiger partial charge in [0.25, 0.3) is 11.8 Å². The SMILES string of the molecule is C=C(C1=NOCCO1)c1ccccc1Oc1ncnc(Cl)c1F. The zero-order chi connectivity index (χ0) is 16.2. The first-order chi connectivity index (χ1) is 11.2. The van der Waals surface area contributed by atoms with Crippen molar-refractivity contribution in [3.63, 3.8) is 0 Å². The molecule has 0 N–H and O–H groups in total. The van der Waals surface area contributed by atoms with Crippen molar-refractivity contribution < 1.29 is 18.7 Å². The highest BCUT2D eigenvalue weighted by atomic mass is 35.5. The quantitative estimate of drug-likeness (QED) is 0.801. The Bertz CT molecular complexity index is 782. The highest BCUT2D eigenvalue weighted by molar-refractivity contribution is 6.29. The lowest BCUT2D eigenvalue weighted by molar-refractivity contribution is 0.0669. The van der Waals surface area contributed by atoms with E-state index in [1.165, 1.54) is 0 Å². The number of hydrogen-bond donors (Lipinski definition) is 0. The lowest BCUT2D eigenvalue weighted by Gasteiger charge is -2.17. The first-order valence-corrected chi connectivity index (χ1v) is 7.00. The molecular formula is C15H11ClFN3O3. The molecule has 2 heterocycles. The molecule has 2 aromatic rings. The summed E-state index contributed by atoms with van der Waals surface area (Å²) in [4.78, 5) is 12.3. The van der Waals surface area contributed by atoms with Gasteiger partial charge in [-0.15, -0.1) is 0 Å². The summed E-state index contributed by atoms with van der Waals surface area (Å²) in [5.41, 5.74) is 1.01. The van der Waals surface area contributed by atoms with Crippen LogP contribution < -0.4 is 4.74 Å². The molecule has 0 unspecified atom stereocenters. The molecule has 1 aromatic heterocycles. The van der Waals surface area contributed by atoms with Gasteiger partial charge in [-0.25, -0.2) is 4.98 Å². The third-order valence-corrected chi connectivity index (χ3v) is 3.22. The van der Waals surface area contributed by atoms with Crippen LogP contribution in [0.5, 0.6) is 11.6 Å². The molecule has 0 amide bonds. The van der Waals surface area contributed by atoms with Crippen molar-refractivity contribution in [1.29, 1.82) is 0 Å². The summed E-state index contributed by atoms with van der Waals surface area (Å²) in [5, 5.41) is 3.48. The van der Waals surface area contributed by atoms with Gasteiger partial charge in [0.1, 0.15) is 18.7 Å². The van der Waals surface area contributed by atoms with Gasteiger partial charge in [0, 0.05) is 11.1 Å². The van der Waals surface area contributed by atoms with Gasteiger partial charge in [-0.3, -0.25) is 0 Å². The fourth-order valence-electron chi connectivity index (χ4n) is 1.88. The highest BCUT2D eigenvalue weighted by Crippen LogP contribution is 2.32. The van der Waals surface area contributed by atoms with Crippen molar-refractivity contribution in [1.82, 2.24) is 9.97 Å². The zero-order valence-electron chi connectivity index (χ0n) is 11.8. The summed E-state index contributed by atoms with van der Waals surface area (Å²) < 4.78 is 24.8. The van der Waals surface area contributed by atoms with Crippen molar-refractivity contribution in [2.24, 2.45) is 5.16 Å². The zero-order valence-corrected chi connectivity index (χ0v) is 12.6. The number of hydrogen-bond acceptors (Lipinski definition) is 6. The second-order valence-electron chi connectivity index (χ2n) is 4.44. The molecule has 0 atom stereocenters. The summed E-state index contributed by atoms with van der Waals surface area (Å²) in [6.45, 7) is 4.67. The number of halogens is 2. The molecule has 118 valence electrons. The van der Waals surface area contributed by atoms with Gasteiger partial charge in [0.2, 0.25) is 5.82 Å². The average Bonchev–Trinajstić information content (AvgIpc) is 2.60. The summed E-state index contributed by atoms with van der Waals surface area (Å²) in [7, 11) is 0. The molecule has 0 saturated heterocycles. The molecule has 1 aliphatic heterocycles. The maximum absolute atomic E-state index is 13.9. The van der Waals surface area contributed by atoms with E-state index in [9.17, 15) is 4.39 Å². The second-order valence-corrected chi connectivity index (χ2v) is 4.80. The van der Waals surface area contributed by atoms with Gasteiger partial charge in [0.05, 0.1) is 0 Å². The molecule has 0 aliphatic carbocycles. The Morgan fingerprint density at radius 3 is 2.87 bits per heavy atom. The monoisotopic (exact) mass is 335 g/mol. The van der Waals surface area contributed by atoms with E-state index < -0.39 is 5.82 Å². The molecule has 0 spiro atoms. The summed E-state index contributed by atoms with van der Waals surface area (Å²) in [6.07, 6.45) is 1.11. The maximum atomic E-state index is 13.9. The normalized spacial score (nSPS) is 13.6. The molecule has 3 rings (SSSR count). The molecule has 1 aromatic carbocycles. The first-order valence-electron chi connectivity index (χ1n) is 6.62. The fraction of sp³-hybridized carbons (Fsp3) is 0.133. The van der Waals surface area contributed by atoms with Crippen molar-refractivity contribution in [3.8, 4) is 11.6 Å². The Morgan fingerprint density at radius 2 is 2.09 bits per heavy atom. The Kier molecular flexibility index (Phi) is 4.38. The van der Waals surface area contributed by atoms with E-state index in [2.05, 4.69) is 21.7 Å². The average molecular weight is 336 g/mol. The van der Waals surface area contributed by atoms with Gasteiger partial charge in [-0.05, 0) is 11.2 Å². The second kappa shape index (κ2) is 6.62. The molecule has 23 heavy (non-hydrogen) atoms. The molecule has 0 bridgehead atoms. The van der Waals surface area contributed by atoms with Crippen LogP contribution in [0, 0.1) is 5.82 Å². The van der Waals surface area contributed by atoms with Crippen molar-refractivity contribution >= 4 is 23.1 Å². The van der Waals surface area contributed by atoms with Crippen LogP contribution in [-0.2, 0) is 9.57 Å². The topological polar surface area (TPSA) is 65.8 Å². The largest absolute Gasteiger partial charge is 0.471 e. The van der Waals surface area contributed by atoms with Gasteiger partial charge in [0.15, 0.2) is 11.8 Å². The smallest absolute Gasteiger partial charge is 0.260 e. The number of benzene rings is 1. The van der Waals surface area contributed by atoms with Crippen LogP contribution in [0.3, 0.4) is 0 Å². The van der Waals surface area contributed by atoms with Crippen LogP contribution >= 0.6 is 11.6 Å². The molecular weight excluding hydrogens is 325 g/mol. The standard InChI is InChI=1S/C15H11ClFN3O3/c1-9(14-20-22-7-6-21-14)10-4-2-3-5-11(10)23-15-12(17)13(16)18-8-19-15/h2-5,8H,1,6-7H2. The number of ether oxygens (including phenoxy) is 2. The van der Waals surface area contributed by atoms with Crippen molar-refractivity contribution in [3.05, 3.63) is 53.7 Å². The summed E-state index contributed by atoms with van der Waals surface area (Å²) in [5.74, 6) is -0.561. The van der Waals surface area contributed by atoms with E-state index >= 15 is 0 Å². The lowest BCUT2D eigenvalue weighted by atomic mass is 10.1. The Hall–Kier alpha value is -2.67. The van der Waals surface area contributed by atoms with Crippen LogP contribution in [0.15, 0.2) is 42.3 Å². The number of oxime groups is 1. The fourth-order valence-corrected chi connectivity index (χ4v) is 2.00. The Labute approximate surface area is 136 Å². The van der Waals surface area contributed by atoms with E-state index in [4.69, 9.17) is 25.9 Å². The predicted octanol–water partition coefficient (Wildman–Crippen LogP) is 3.43. The van der Waals surface area contributed by atoms with Crippen LogP contribution in [0.4, 0.5) is 4.39 Å². The van der Waals surface area contributed by atoms with Crippen molar-refractivity contribution in [2.75, 3.05) is 13.2 Å². The Balaban J connectivity index is 1.93. The first kappa shape index (κ1) is 15.2. The number of aromatic nitrogens is 2. The van der Waals surface area contributed by atoms with Gasteiger partial charge < -0.3 is 14.3 Å². The molecule has 6 nitrogen and oxygen atoms in total. The van der Waals surface area contributed by atoms with Gasteiger partial charge in [-0.2, -0.15) is 9.37 Å². The maximum Gasteiger partial charge on any atom is 0.260 e. The van der Waals surface area contributed by atoms with Gasteiger partial charge >= 0.3 is 0 Å². The molecule has 1 aliphatic rings. The number of para-hydroxylation sites is 1. The number of rotatable bonds is 4. The van der Waals surface area contributed by atoms with Crippen molar-refractivity contribution in [2.45, 2.75) is 0 Å². The van der Waals surface area contributed by atoms with Crippen LogP contribution in [0.1, 0.15) is 5.56 Å². The van der Waals surface area contributed by atoms with Crippen LogP contribution in [0.25, 0.3) is 5.57 Å². The highest BCUT2D eigenvalue weighted by Gasteiger charge is 2.19. The minimum Gasteiger partial charge on any atom is -0.471 e. The van der Waals surface area contributed by atoms with E-state index in [0.717, 1.165) is 6.33 Å². The number of nitrogens with zero attached hydrogens (tertiary/aromatic N) is 3. The summed E-state index contributed by atoms with van der Waals surface area (Å²) in [6, 6.07) is 6.88. The molecule has 0 saturated carbocycles.